The average molecular weight is 525 g/mol. The van der Waals surface area contributed by atoms with Crippen molar-refractivity contribution in [2.45, 2.75) is 51.8 Å². The van der Waals surface area contributed by atoms with Gasteiger partial charge in [0, 0.05) is 54.2 Å². The largest absolute Gasteiger partial charge is 0.486 e. The van der Waals surface area contributed by atoms with E-state index in [0.29, 0.717) is 27.4 Å². The summed E-state index contributed by atoms with van der Waals surface area (Å²) >= 11 is 12.6. The molecule has 1 aliphatic rings. The van der Waals surface area contributed by atoms with Crippen LogP contribution in [-0.2, 0) is 0 Å². The van der Waals surface area contributed by atoms with Crippen molar-refractivity contribution in [3.8, 4) is 17.0 Å². The fraction of sp³-hybridized carbons (Fsp3) is 0.370. The van der Waals surface area contributed by atoms with Crippen LogP contribution in [0, 0.1) is 0 Å². The number of nitrogens with one attached hydrogen (secondary N) is 2. The van der Waals surface area contributed by atoms with Gasteiger partial charge in [0.05, 0.1) is 21.1 Å². The minimum Gasteiger partial charge on any atom is -0.486 e. The summed E-state index contributed by atoms with van der Waals surface area (Å²) in [6.07, 6.45) is 5.80. The predicted octanol–water partition coefficient (Wildman–Crippen LogP) is 6.43. The zero-order chi connectivity index (χ0) is 25.4. The molecule has 1 fully saturated rings. The first-order valence-corrected chi connectivity index (χ1v) is 12.9. The van der Waals surface area contributed by atoms with Gasteiger partial charge in [-0.1, -0.05) is 30.1 Å². The molecule has 7 nitrogen and oxygen atoms in total. The van der Waals surface area contributed by atoms with Gasteiger partial charge >= 0.3 is 0 Å². The van der Waals surface area contributed by atoms with Crippen LogP contribution in [0.3, 0.4) is 0 Å². The molecule has 0 radical (unpaired) electrons. The summed E-state index contributed by atoms with van der Waals surface area (Å²) in [5.74, 6) is 1.67. The van der Waals surface area contributed by atoms with E-state index in [1.807, 2.05) is 31.3 Å². The summed E-state index contributed by atoms with van der Waals surface area (Å²) in [5.41, 5.74) is 3.53. The van der Waals surface area contributed by atoms with Gasteiger partial charge in [0.1, 0.15) is 23.4 Å². The lowest BCUT2D eigenvalue weighted by atomic mass is 9.91. The molecular formula is C27H30Cl2N6O. The Labute approximate surface area is 221 Å². The molecule has 4 aromatic rings. The lowest BCUT2D eigenvalue weighted by Gasteiger charge is -2.50. The van der Waals surface area contributed by atoms with Gasteiger partial charge < -0.3 is 15.0 Å². The monoisotopic (exact) mass is 524 g/mol. The maximum absolute atomic E-state index is 6.31. The van der Waals surface area contributed by atoms with Crippen molar-refractivity contribution < 1.29 is 4.74 Å². The minimum atomic E-state index is -0.348. The van der Waals surface area contributed by atoms with Crippen molar-refractivity contribution in [2.75, 3.05) is 18.0 Å². The van der Waals surface area contributed by atoms with Crippen molar-refractivity contribution in [1.29, 1.82) is 0 Å². The Bertz CT molecular complexity index is 1350. The van der Waals surface area contributed by atoms with E-state index in [0.717, 1.165) is 47.5 Å². The second kappa shape index (κ2) is 9.88. The molecule has 36 heavy (non-hydrogen) atoms. The smallest absolute Gasteiger partial charge is 0.128 e. The van der Waals surface area contributed by atoms with Gasteiger partial charge in [-0.2, -0.15) is 5.10 Å². The topological polar surface area (TPSA) is 79.0 Å². The summed E-state index contributed by atoms with van der Waals surface area (Å²) in [6, 6.07) is 10.5. The SMILES string of the molecule is CC[C@@H](C)NC1(C)CN(c2ccc(-c3n[nH]c4ccc(O[C@H](C)c5c(Cl)cncc5Cl)cc34)cn2)C1. The minimum absolute atomic E-state index is 0.131. The van der Waals surface area contributed by atoms with Crippen molar-refractivity contribution in [2.24, 2.45) is 0 Å². The lowest BCUT2D eigenvalue weighted by Crippen LogP contribution is -2.69. The number of benzene rings is 1. The van der Waals surface area contributed by atoms with Crippen molar-refractivity contribution in [3.05, 3.63) is 64.5 Å². The fourth-order valence-corrected chi connectivity index (χ4v) is 5.49. The molecule has 3 aromatic heterocycles. The first-order chi connectivity index (χ1) is 17.3. The summed E-state index contributed by atoms with van der Waals surface area (Å²) in [4.78, 5) is 11.0. The number of aromatic amines is 1. The Hall–Kier alpha value is -2.87. The fourth-order valence-electron chi connectivity index (χ4n) is 4.82. The summed E-state index contributed by atoms with van der Waals surface area (Å²) in [7, 11) is 0. The maximum atomic E-state index is 6.31. The molecule has 0 unspecified atom stereocenters. The molecular weight excluding hydrogens is 495 g/mol. The number of anilines is 1. The van der Waals surface area contributed by atoms with Gasteiger partial charge in [-0.3, -0.25) is 10.1 Å². The molecule has 9 heteroatoms. The zero-order valence-corrected chi connectivity index (χ0v) is 22.4. The molecule has 2 atom stereocenters. The highest BCUT2D eigenvalue weighted by molar-refractivity contribution is 6.35. The Morgan fingerprint density at radius 2 is 1.86 bits per heavy atom. The van der Waals surface area contributed by atoms with Crippen LogP contribution >= 0.6 is 23.2 Å². The number of ether oxygens (including phenoxy) is 1. The van der Waals surface area contributed by atoms with E-state index in [1.165, 1.54) is 0 Å². The first-order valence-electron chi connectivity index (χ1n) is 12.2. The standard InChI is InChI=1S/C27H30Cl2N6O/c1-5-16(2)32-27(4)14-35(15-27)24-9-6-18(11-31-24)26-20-10-19(7-8-23(20)33-34-26)36-17(3)25-21(28)12-30-13-22(25)29/h6-13,16-17,32H,5,14-15H2,1-4H3,(H,33,34)/t16-,17-/m1/s1. The van der Waals surface area contributed by atoms with Crippen LogP contribution in [0.25, 0.3) is 22.2 Å². The van der Waals surface area contributed by atoms with Crippen molar-refractivity contribution >= 4 is 39.9 Å². The third kappa shape index (κ3) is 4.88. The number of aromatic nitrogens is 4. The van der Waals surface area contributed by atoms with Gasteiger partial charge in [0.25, 0.3) is 0 Å². The van der Waals surface area contributed by atoms with E-state index in [4.69, 9.17) is 32.9 Å². The van der Waals surface area contributed by atoms with Crippen molar-refractivity contribution in [1.82, 2.24) is 25.5 Å². The molecule has 1 saturated heterocycles. The van der Waals surface area contributed by atoms with Crippen LogP contribution in [-0.4, -0.2) is 44.8 Å². The number of H-pyrrole nitrogens is 1. The maximum Gasteiger partial charge on any atom is 0.128 e. The molecule has 5 rings (SSSR count). The van der Waals surface area contributed by atoms with Crippen LogP contribution in [0.1, 0.15) is 45.8 Å². The molecule has 2 N–H and O–H groups in total. The molecule has 0 saturated carbocycles. The highest BCUT2D eigenvalue weighted by Gasteiger charge is 2.39. The van der Waals surface area contributed by atoms with Gasteiger partial charge in [0.2, 0.25) is 0 Å². The molecule has 4 heterocycles. The van der Waals surface area contributed by atoms with Crippen LogP contribution in [0.4, 0.5) is 5.82 Å². The van der Waals surface area contributed by atoms with Gasteiger partial charge in [-0.05, 0) is 57.5 Å². The number of nitrogens with zero attached hydrogens (tertiary/aromatic N) is 4. The Morgan fingerprint density at radius 3 is 2.53 bits per heavy atom. The molecule has 188 valence electrons. The molecule has 0 spiro atoms. The number of hydrogen-bond acceptors (Lipinski definition) is 6. The number of hydrogen-bond donors (Lipinski definition) is 2. The summed E-state index contributed by atoms with van der Waals surface area (Å²) in [6.45, 7) is 10.5. The second-order valence-corrected chi connectivity index (χ2v) is 10.6. The summed E-state index contributed by atoms with van der Waals surface area (Å²) in [5, 5.41) is 13.3. The first kappa shape index (κ1) is 24.8. The van der Waals surface area contributed by atoms with Gasteiger partial charge in [0.15, 0.2) is 0 Å². The molecule has 0 bridgehead atoms. The van der Waals surface area contributed by atoms with Crippen LogP contribution in [0.5, 0.6) is 5.75 Å². The number of pyridine rings is 2. The predicted molar refractivity (Wildman–Crippen MR) is 146 cm³/mol. The van der Waals surface area contributed by atoms with E-state index in [1.54, 1.807) is 12.4 Å². The Kier molecular flexibility index (Phi) is 6.81. The van der Waals surface area contributed by atoms with Crippen LogP contribution in [0.15, 0.2) is 48.9 Å². The van der Waals surface area contributed by atoms with Gasteiger partial charge in [-0.15, -0.1) is 0 Å². The van der Waals surface area contributed by atoms with E-state index in [-0.39, 0.29) is 11.6 Å². The number of fused-ring (bicyclic) bond motifs is 1. The van der Waals surface area contributed by atoms with Gasteiger partial charge in [-0.25, -0.2) is 4.98 Å². The highest BCUT2D eigenvalue weighted by atomic mass is 35.5. The number of halogens is 2. The lowest BCUT2D eigenvalue weighted by molar-refractivity contribution is 0.227. The third-order valence-corrected chi connectivity index (χ3v) is 7.38. The van der Waals surface area contributed by atoms with E-state index in [2.05, 4.69) is 58.3 Å². The van der Waals surface area contributed by atoms with E-state index >= 15 is 0 Å². The highest BCUT2D eigenvalue weighted by Crippen LogP contribution is 2.35. The Morgan fingerprint density at radius 1 is 1.11 bits per heavy atom. The summed E-state index contributed by atoms with van der Waals surface area (Å²) < 4.78 is 6.19. The average Bonchev–Trinajstić information content (AvgIpc) is 3.25. The van der Waals surface area contributed by atoms with E-state index in [9.17, 15) is 0 Å². The Balaban J connectivity index is 1.33. The molecule has 1 aromatic carbocycles. The van der Waals surface area contributed by atoms with E-state index < -0.39 is 0 Å². The number of rotatable bonds is 8. The normalized spacial score (nSPS) is 16.6. The van der Waals surface area contributed by atoms with Crippen LogP contribution in [0.2, 0.25) is 10.0 Å². The molecule has 0 aliphatic carbocycles. The third-order valence-electron chi connectivity index (χ3n) is 6.78. The van der Waals surface area contributed by atoms with Crippen LogP contribution < -0.4 is 15.0 Å². The van der Waals surface area contributed by atoms with Crippen molar-refractivity contribution in [3.63, 3.8) is 0 Å². The molecule has 0 amide bonds. The quantitative estimate of drug-likeness (QED) is 0.276. The molecule has 1 aliphatic heterocycles. The second-order valence-electron chi connectivity index (χ2n) is 9.83. The zero-order valence-electron chi connectivity index (χ0n) is 20.8.